The van der Waals surface area contributed by atoms with Gasteiger partial charge in [-0.2, -0.15) is 0 Å². The van der Waals surface area contributed by atoms with Crippen LogP contribution in [0.25, 0.3) is 0 Å². The highest BCUT2D eigenvalue weighted by atomic mass is 35.5. The summed E-state index contributed by atoms with van der Waals surface area (Å²) in [7, 11) is 0. The van der Waals surface area contributed by atoms with Gasteiger partial charge < -0.3 is 10.5 Å². The molecule has 0 aliphatic heterocycles. The molecule has 0 aliphatic carbocycles. The minimum Gasteiger partial charge on any atom is -0.484 e. The zero-order valence-electron chi connectivity index (χ0n) is 12.8. The molecule has 0 aromatic heterocycles. The number of aryl methyl sites for hydroxylation is 1. The Kier molecular flexibility index (Phi) is 5.27. The van der Waals surface area contributed by atoms with E-state index in [-0.39, 0.29) is 6.10 Å². The lowest BCUT2D eigenvalue weighted by atomic mass is 10.0. The summed E-state index contributed by atoms with van der Waals surface area (Å²) < 4.78 is 6.19. The van der Waals surface area contributed by atoms with Gasteiger partial charge in [-0.25, -0.2) is 0 Å². The zero-order valence-corrected chi connectivity index (χ0v) is 13.5. The maximum Gasteiger partial charge on any atom is 0.137 e. The first-order chi connectivity index (χ1) is 10.0. The molecule has 0 heterocycles. The van der Waals surface area contributed by atoms with Crippen LogP contribution in [0.5, 0.6) is 5.75 Å². The summed E-state index contributed by atoms with van der Waals surface area (Å²) in [5, 5.41) is 0.687. The Morgan fingerprint density at radius 3 is 2.43 bits per heavy atom. The Morgan fingerprint density at radius 2 is 1.81 bits per heavy atom. The second-order valence-corrected chi connectivity index (χ2v) is 5.97. The van der Waals surface area contributed by atoms with E-state index in [9.17, 15) is 0 Å². The molecule has 0 fully saturated rings. The lowest BCUT2D eigenvalue weighted by Crippen LogP contribution is -2.19. The van der Waals surface area contributed by atoms with Crippen molar-refractivity contribution in [2.24, 2.45) is 5.73 Å². The van der Waals surface area contributed by atoms with Gasteiger partial charge in [-0.05, 0) is 36.1 Å². The van der Waals surface area contributed by atoms with Gasteiger partial charge in [0.25, 0.3) is 0 Å². The molecule has 0 radical (unpaired) electrons. The third kappa shape index (κ3) is 3.78. The smallest absolute Gasteiger partial charge is 0.137 e. The van der Waals surface area contributed by atoms with Crippen molar-refractivity contribution in [1.82, 2.24) is 0 Å². The average molecular weight is 304 g/mol. The highest BCUT2D eigenvalue weighted by Crippen LogP contribution is 2.32. The molecular formula is C18H22ClNO. The molecule has 2 aromatic carbocycles. The van der Waals surface area contributed by atoms with E-state index >= 15 is 0 Å². The number of halogens is 1. The standard InChI is InChI=1S/C18H22ClNO/c1-12(2)14-9-8-13(3)10-17(14)21-18(11-20)15-6-4-5-7-16(15)19/h4-10,12,18H,11,20H2,1-3H3. The van der Waals surface area contributed by atoms with Gasteiger partial charge in [0.15, 0.2) is 0 Å². The van der Waals surface area contributed by atoms with Gasteiger partial charge in [0.2, 0.25) is 0 Å². The zero-order chi connectivity index (χ0) is 15.4. The Morgan fingerprint density at radius 1 is 1.10 bits per heavy atom. The molecule has 2 aromatic rings. The van der Waals surface area contributed by atoms with E-state index in [1.165, 1.54) is 11.1 Å². The number of ether oxygens (including phenoxy) is 1. The molecule has 1 unspecified atom stereocenters. The van der Waals surface area contributed by atoms with Gasteiger partial charge in [0, 0.05) is 17.1 Å². The third-order valence-corrected chi connectivity index (χ3v) is 3.87. The summed E-state index contributed by atoms with van der Waals surface area (Å²) in [6, 6.07) is 14.0. The fourth-order valence-corrected chi connectivity index (χ4v) is 2.61. The van der Waals surface area contributed by atoms with E-state index in [2.05, 4.69) is 39.0 Å². The maximum absolute atomic E-state index is 6.26. The van der Waals surface area contributed by atoms with Crippen LogP contribution in [-0.4, -0.2) is 6.54 Å². The van der Waals surface area contributed by atoms with E-state index in [0.29, 0.717) is 17.5 Å². The summed E-state index contributed by atoms with van der Waals surface area (Å²) in [6.45, 7) is 6.76. The van der Waals surface area contributed by atoms with Gasteiger partial charge in [-0.15, -0.1) is 0 Å². The molecule has 2 rings (SSSR count). The molecule has 0 spiro atoms. The van der Waals surface area contributed by atoms with E-state index in [0.717, 1.165) is 11.3 Å². The number of hydrogen-bond donors (Lipinski definition) is 1. The van der Waals surface area contributed by atoms with E-state index in [4.69, 9.17) is 22.1 Å². The predicted molar refractivity (Wildman–Crippen MR) is 89.1 cm³/mol. The van der Waals surface area contributed by atoms with Crippen LogP contribution in [-0.2, 0) is 0 Å². The first-order valence-electron chi connectivity index (χ1n) is 7.24. The summed E-state index contributed by atoms with van der Waals surface area (Å²) in [6.07, 6.45) is -0.238. The number of rotatable bonds is 5. The van der Waals surface area contributed by atoms with Crippen LogP contribution in [0.4, 0.5) is 0 Å². The van der Waals surface area contributed by atoms with Crippen molar-refractivity contribution in [2.45, 2.75) is 32.8 Å². The highest BCUT2D eigenvalue weighted by molar-refractivity contribution is 6.31. The molecule has 1 atom stereocenters. The monoisotopic (exact) mass is 303 g/mol. The van der Waals surface area contributed by atoms with Gasteiger partial charge in [0.1, 0.15) is 11.9 Å². The number of benzene rings is 2. The Balaban J connectivity index is 2.35. The van der Waals surface area contributed by atoms with Crippen molar-refractivity contribution in [3.05, 3.63) is 64.2 Å². The van der Waals surface area contributed by atoms with Crippen LogP contribution >= 0.6 is 11.6 Å². The highest BCUT2D eigenvalue weighted by Gasteiger charge is 2.17. The molecule has 0 amide bonds. The largest absolute Gasteiger partial charge is 0.484 e. The summed E-state index contributed by atoms with van der Waals surface area (Å²) in [4.78, 5) is 0. The first-order valence-corrected chi connectivity index (χ1v) is 7.62. The number of hydrogen-bond acceptors (Lipinski definition) is 2. The fourth-order valence-electron chi connectivity index (χ4n) is 2.35. The van der Waals surface area contributed by atoms with Gasteiger partial charge in [0.05, 0.1) is 0 Å². The Hall–Kier alpha value is -1.51. The third-order valence-electron chi connectivity index (χ3n) is 3.53. The Bertz CT molecular complexity index is 610. The minimum atomic E-state index is -0.238. The van der Waals surface area contributed by atoms with Crippen LogP contribution in [0.15, 0.2) is 42.5 Å². The van der Waals surface area contributed by atoms with E-state index < -0.39 is 0 Å². The summed E-state index contributed by atoms with van der Waals surface area (Å²) in [5.74, 6) is 1.28. The minimum absolute atomic E-state index is 0.238. The van der Waals surface area contributed by atoms with Crippen molar-refractivity contribution in [2.75, 3.05) is 6.54 Å². The molecule has 0 bridgehead atoms. The SMILES string of the molecule is Cc1ccc(C(C)C)c(OC(CN)c2ccccc2Cl)c1. The van der Waals surface area contributed by atoms with Crippen molar-refractivity contribution >= 4 is 11.6 Å². The predicted octanol–water partition coefficient (Wildman–Crippen LogP) is 4.85. The Labute approximate surface area is 131 Å². The second kappa shape index (κ2) is 6.97. The molecular weight excluding hydrogens is 282 g/mol. The van der Waals surface area contributed by atoms with Gasteiger partial charge in [-0.1, -0.05) is 55.8 Å². The molecule has 2 nitrogen and oxygen atoms in total. The molecule has 3 heteroatoms. The second-order valence-electron chi connectivity index (χ2n) is 5.56. The van der Waals surface area contributed by atoms with Crippen LogP contribution in [0.3, 0.4) is 0 Å². The summed E-state index contributed by atoms with van der Waals surface area (Å²) in [5.41, 5.74) is 9.19. The van der Waals surface area contributed by atoms with Gasteiger partial charge >= 0.3 is 0 Å². The van der Waals surface area contributed by atoms with Crippen LogP contribution < -0.4 is 10.5 Å². The molecule has 0 saturated carbocycles. The van der Waals surface area contributed by atoms with E-state index in [1.807, 2.05) is 24.3 Å². The topological polar surface area (TPSA) is 35.2 Å². The van der Waals surface area contributed by atoms with E-state index in [1.54, 1.807) is 0 Å². The first kappa shape index (κ1) is 15.9. The lowest BCUT2D eigenvalue weighted by Gasteiger charge is -2.22. The molecule has 0 aliphatic rings. The van der Waals surface area contributed by atoms with Crippen LogP contribution in [0.2, 0.25) is 5.02 Å². The molecule has 0 saturated heterocycles. The molecule has 2 N–H and O–H groups in total. The molecule has 112 valence electrons. The quantitative estimate of drug-likeness (QED) is 0.857. The normalized spacial score (nSPS) is 12.5. The summed E-state index contributed by atoms with van der Waals surface area (Å²) >= 11 is 6.26. The van der Waals surface area contributed by atoms with Gasteiger partial charge in [-0.3, -0.25) is 0 Å². The average Bonchev–Trinajstić information content (AvgIpc) is 2.45. The molecule has 21 heavy (non-hydrogen) atoms. The van der Waals surface area contributed by atoms with Crippen LogP contribution in [0, 0.1) is 6.92 Å². The van der Waals surface area contributed by atoms with Crippen molar-refractivity contribution in [1.29, 1.82) is 0 Å². The fraction of sp³-hybridized carbons (Fsp3) is 0.333. The van der Waals surface area contributed by atoms with Crippen molar-refractivity contribution < 1.29 is 4.74 Å². The maximum atomic E-state index is 6.26. The van der Waals surface area contributed by atoms with Crippen molar-refractivity contribution in [3.63, 3.8) is 0 Å². The number of nitrogens with two attached hydrogens (primary N) is 1. The van der Waals surface area contributed by atoms with Crippen LogP contribution in [0.1, 0.15) is 42.6 Å². The van der Waals surface area contributed by atoms with Crippen molar-refractivity contribution in [3.8, 4) is 5.75 Å². The lowest BCUT2D eigenvalue weighted by molar-refractivity contribution is 0.211.